The summed E-state index contributed by atoms with van der Waals surface area (Å²) >= 11 is 0. The van der Waals surface area contributed by atoms with Crippen molar-refractivity contribution in [3.8, 4) is 0 Å². The molecule has 1 N–H and O–H groups in total. The Morgan fingerprint density at radius 3 is 2.76 bits per heavy atom. The van der Waals surface area contributed by atoms with E-state index in [4.69, 9.17) is 4.74 Å². The van der Waals surface area contributed by atoms with E-state index in [-0.39, 0.29) is 6.10 Å². The van der Waals surface area contributed by atoms with Crippen LogP contribution in [0.2, 0.25) is 0 Å². The van der Waals surface area contributed by atoms with E-state index in [1.807, 2.05) is 0 Å². The van der Waals surface area contributed by atoms with Gasteiger partial charge in [-0.3, -0.25) is 0 Å². The van der Waals surface area contributed by atoms with Crippen LogP contribution in [0.5, 0.6) is 0 Å². The van der Waals surface area contributed by atoms with Crippen LogP contribution in [0.4, 0.5) is 0 Å². The fourth-order valence-electron chi connectivity index (χ4n) is 2.27. The van der Waals surface area contributed by atoms with E-state index >= 15 is 0 Å². The van der Waals surface area contributed by atoms with E-state index in [1.54, 1.807) is 0 Å². The van der Waals surface area contributed by atoms with Gasteiger partial charge in [0.25, 0.3) is 0 Å². The Morgan fingerprint density at radius 1 is 1.24 bits per heavy atom. The minimum Gasteiger partial charge on any atom is -0.372 e. The van der Waals surface area contributed by atoms with Gasteiger partial charge in [-0.25, -0.2) is 0 Å². The molecule has 0 aliphatic carbocycles. The van der Waals surface area contributed by atoms with Gasteiger partial charge in [0.2, 0.25) is 0 Å². The van der Waals surface area contributed by atoms with E-state index in [9.17, 15) is 0 Å². The van der Waals surface area contributed by atoms with E-state index in [0.29, 0.717) is 12.0 Å². The second-order valence-electron chi connectivity index (χ2n) is 5.36. The lowest BCUT2D eigenvalue weighted by Gasteiger charge is -2.18. The molecule has 1 heterocycles. The molecule has 17 heavy (non-hydrogen) atoms. The van der Waals surface area contributed by atoms with E-state index in [0.717, 1.165) is 13.2 Å². The number of ether oxygens (including phenoxy) is 1. The van der Waals surface area contributed by atoms with Gasteiger partial charge in [-0.15, -0.1) is 0 Å². The lowest BCUT2D eigenvalue weighted by molar-refractivity contribution is 0.0492. The predicted octanol–water partition coefficient (Wildman–Crippen LogP) is 2.99. The van der Waals surface area contributed by atoms with Crippen molar-refractivity contribution in [3.63, 3.8) is 0 Å². The molecule has 94 valence electrons. The van der Waals surface area contributed by atoms with Crippen molar-refractivity contribution in [2.45, 2.75) is 39.8 Å². The minimum absolute atomic E-state index is 0.197. The molecule has 1 fully saturated rings. The molecule has 1 aliphatic rings. The summed E-state index contributed by atoms with van der Waals surface area (Å²) in [6.07, 6.45) is 0.197. The monoisotopic (exact) mass is 233 g/mol. The van der Waals surface area contributed by atoms with Crippen molar-refractivity contribution in [1.29, 1.82) is 0 Å². The van der Waals surface area contributed by atoms with Crippen molar-refractivity contribution in [2.75, 3.05) is 13.2 Å². The average Bonchev–Trinajstić information content (AvgIpc) is 2.47. The molecular formula is C15H23NO. The molecule has 2 rings (SSSR count). The van der Waals surface area contributed by atoms with Crippen LogP contribution < -0.4 is 5.32 Å². The quantitative estimate of drug-likeness (QED) is 0.805. The molecular weight excluding hydrogens is 210 g/mol. The smallest absolute Gasteiger partial charge is 0.0952 e. The summed E-state index contributed by atoms with van der Waals surface area (Å²) in [7, 11) is 0. The van der Waals surface area contributed by atoms with Gasteiger partial charge in [-0.05, 0) is 37.8 Å². The van der Waals surface area contributed by atoms with Gasteiger partial charge in [0.1, 0.15) is 0 Å². The van der Waals surface area contributed by atoms with Crippen LogP contribution in [0.15, 0.2) is 18.2 Å². The summed E-state index contributed by atoms with van der Waals surface area (Å²) in [5, 5.41) is 3.56. The SMILES string of the molecule is Cc1ccc(C)c(C2CNC(C)C(C)CO2)c1. The highest BCUT2D eigenvalue weighted by molar-refractivity contribution is 5.32. The molecule has 2 nitrogen and oxygen atoms in total. The fourth-order valence-corrected chi connectivity index (χ4v) is 2.27. The van der Waals surface area contributed by atoms with E-state index in [1.165, 1.54) is 16.7 Å². The summed E-state index contributed by atoms with van der Waals surface area (Å²) in [4.78, 5) is 0. The van der Waals surface area contributed by atoms with Crippen molar-refractivity contribution in [1.82, 2.24) is 5.32 Å². The first-order chi connectivity index (χ1) is 8.08. The summed E-state index contributed by atoms with van der Waals surface area (Å²) in [5.74, 6) is 0.574. The third-order valence-corrected chi connectivity index (χ3v) is 3.82. The minimum atomic E-state index is 0.197. The lowest BCUT2D eigenvalue weighted by Crippen LogP contribution is -2.32. The molecule has 0 saturated carbocycles. The Bertz CT molecular complexity index is 377. The summed E-state index contributed by atoms with van der Waals surface area (Å²) in [6, 6.07) is 7.13. The maximum absolute atomic E-state index is 6.04. The summed E-state index contributed by atoms with van der Waals surface area (Å²) in [5.41, 5.74) is 3.96. The Balaban J connectivity index is 2.19. The standard InChI is InChI=1S/C15H23NO/c1-10-5-6-11(2)14(7-10)15-8-16-13(4)12(3)9-17-15/h5-7,12-13,15-16H,8-9H2,1-4H3. The normalized spacial score (nSPS) is 30.0. The zero-order valence-corrected chi connectivity index (χ0v) is 11.3. The average molecular weight is 233 g/mol. The highest BCUT2D eigenvalue weighted by Crippen LogP contribution is 2.25. The van der Waals surface area contributed by atoms with Crippen molar-refractivity contribution in [3.05, 3.63) is 34.9 Å². The zero-order valence-electron chi connectivity index (χ0n) is 11.3. The maximum atomic E-state index is 6.04. The molecule has 3 unspecified atom stereocenters. The second-order valence-corrected chi connectivity index (χ2v) is 5.36. The zero-order chi connectivity index (χ0) is 12.4. The Kier molecular flexibility index (Phi) is 3.85. The maximum Gasteiger partial charge on any atom is 0.0952 e. The fraction of sp³-hybridized carbons (Fsp3) is 0.600. The van der Waals surface area contributed by atoms with Gasteiger partial charge in [-0.2, -0.15) is 0 Å². The van der Waals surface area contributed by atoms with Crippen molar-refractivity contribution in [2.24, 2.45) is 5.92 Å². The van der Waals surface area contributed by atoms with Crippen LogP contribution in [0.3, 0.4) is 0 Å². The molecule has 1 aliphatic heterocycles. The number of hydrogen-bond donors (Lipinski definition) is 1. The molecule has 1 aromatic carbocycles. The second kappa shape index (κ2) is 5.19. The number of benzene rings is 1. The number of aryl methyl sites for hydroxylation is 2. The van der Waals surface area contributed by atoms with Crippen molar-refractivity contribution >= 4 is 0 Å². The highest BCUT2D eigenvalue weighted by Gasteiger charge is 2.23. The van der Waals surface area contributed by atoms with Gasteiger partial charge in [0.05, 0.1) is 12.7 Å². The lowest BCUT2D eigenvalue weighted by atomic mass is 10.0. The molecule has 1 saturated heterocycles. The largest absolute Gasteiger partial charge is 0.372 e. The van der Waals surface area contributed by atoms with Gasteiger partial charge in [-0.1, -0.05) is 30.7 Å². The topological polar surface area (TPSA) is 21.3 Å². The highest BCUT2D eigenvalue weighted by atomic mass is 16.5. The number of rotatable bonds is 1. The summed E-state index contributed by atoms with van der Waals surface area (Å²) in [6.45, 7) is 10.5. The molecule has 3 atom stereocenters. The first-order valence-electron chi connectivity index (χ1n) is 6.50. The van der Waals surface area contributed by atoms with Crippen molar-refractivity contribution < 1.29 is 4.74 Å². The Hall–Kier alpha value is -0.860. The predicted molar refractivity (Wildman–Crippen MR) is 71.2 cm³/mol. The third-order valence-electron chi connectivity index (χ3n) is 3.82. The first kappa shape index (κ1) is 12.6. The molecule has 0 radical (unpaired) electrons. The van der Waals surface area contributed by atoms with Crippen LogP contribution in [0, 0.1) is 19.8 Å². The van der Waals surface area contributed by atoms with E-state index < -0.39 is 0 Å². The van der Waals surface area contributed by atoms with Gasteiger partial charge in [0.15, 0.2) is 0 Å². The molecule has 0 amide bonds. The van der Waals surface area contributed by atoms with Crippen LogP contribution in [0.1, 0.15) is 36.6 Å². The molecule has 1 aromatic rings. The molecule has 0 spiro atoms. The van der Waals surface area contributed by atoms with E-state index in [2.05, 4.69) is 51.2 Å². The number of nitrogens with one attached hydrogen (secondary N) is 1. The van der Waals surface area contributed by atoms with Crippen LogP contribution in [-0.4, -0.2) is 19.2 Å². The van der Waals surface area contributed by atoms with Gasteiger partial charge in [0, 0.05) is 12.6 Å². The molecule has 0 bridgehead atoms. The van der Waals surface area contributed by atoms with Crippen LogP contribution in [-0.2, 0) is 4.74 Å². The Labute approximate surface area is 104 Å². The molecule has 2 heteroatoms. The summed E-state index contributed by atoms with van der Waals surface area (Å²) < 4.78 is 6.04. The van der Waals surface area contributed by atoms with Crippen LogP contribution in [0.25, 0.3) is 0 Å². The number of hydrogen-bond acceptors (Lipinski definition) is 2. The van der Waals surface area contributed by atoms with Crippen LogP contribution >= 0.6 is 0 Å². The molecule has 0 aromatic heterocycles. The first-order valence-corrected chi connectivity index (χ1v) is 6.50. The Morgan fingerprint density at radius 2 is 2.00 bits per heavy atom. The third kappa shape index (κ3) is 2.88. The van der Waals surface area contributed by atoms with Gasteiger partial charge < -0.3 is 10.1 Å². The van der Waals surface area contributed by atoms with Gasteiger partial charge >= 0.3 is 0 Å².